The van der Waals surface area contributed by atoms with E-state index < -0.39 is 43.1 Å². The topological polar surface area (TPSA) is 38.8 Å². The number of benzene rings is 2. The number of aldehydes is 1. The number of rotatable bonds is 5. The first kappa shape index (κ1) is 22.0. The molecule has 2 aliphatic rings. The Morgan fingerprint density at radius 2 is 1.97 bits per heavy atom. The fourth-order valence-corrected chi connectivity index (χ4v) is 3.64. The van der Waals surface area contributed by atoms with Crippen molar-refractivity contribution in [2.24, 2.45) is 0 Å². The zero-order valence-electron chi connectivity index (χ0n) is 16.5. The molecule has 2 heterocycles. The van der Waals surface area contributed by atoms with E-state index in [0.717, 1.165) is 12.1 Å². The minimum absolute atomic E-state index is 0.0456. The first-order valence-corrected chi connectivity index (χ1v) is 9.63. The standard InChI is InChI=1S/C22H17F6NO3/c23-19-7-16(8-20-17(19)5-13(9-30)10-32-20)31-11-14-1-2-15(6-18(14)22(26,27)28)29-4-3-21(24,25)12-29/h1-2,5-9H,3-4,10-12H2. The first-order valence-electron chi connectivity index (χ1n) is 9.63. The van der Waals surface area contributed by atoms with Crippen LogP contribution in [0.15, 0.2) is 35.9 Å². The number of hydrogen-bond acceptors (Lipinski definition) is 4. The van der Waals surface area contributed by atoms with E-state index >= 15 is 0 Å². The molecule has 0 aliphatic carbocycles. The molecule has 2 aliphatic heterocycles. The van der Waals surface area contributed by atoms with Gasteiger partial charge in [-0.15, -0.1) is 0 Å². The Balaban J connectivity index is 1.56. The predicted molar refractivity (Wildman–Crippen MR) is 103 cm³/mol. The van der Waals surface area contributed by atoms with Crippen molar-refractivity contribution < 1.29 is 40.6 Å². The average Bonchev–Trinajstić information content (AvgIpc) is 3.11. The zero-order chi connectivity index (χ0) is 23.1. The second-order valence-corrected chi connectivity index (χ2v) is 7.60. The van der Waals surface area contributed by atoms with E-state index in [2.05, 4.69) is 0 Å². The van der Waals surface area contributed by atoms with Gasteiger partial charge in [-0.2, -0.15) is 13.2 Å². The van der Waals surface area contributed by atoms with Gasteiger partial charge in [-0.3, -0.25) is 4.79 Å². The summed E-state index contributed by atoms with van der Waals surface area (Å²) < 4.78 is 92.8. The van der Waals surface area contributed by atoms with Gasteiger partial charge >= 0.3 is 6.18 Å². The summed E-state index contributed by atoms with van der Waals surface area (Å²) in [5.41, 5.74) is -0.902. The van der Waals surface area contributed by atoms with E-state index in [9.17, 15) is 31.1 Å². The molecule has 0 amide bonds. The van der Waals surface area contributed by atoms with Gasteiger partial charge in [-0.25, -0.2) is 13.2 Å². The Morgan fingerprint density at radius 1 is 1.19 bits per heavy atom. The molecule has 0 radical (unpaired) electrons. The Labute approximate surface area is 179 Å². The highest BCUT2D eigenvalue weighted by molar-refractivity contribution is 5.84. The van der Waals surface area contributed by atoms with Gasteiger partial charge in [0.25, 0.3) is 5.92 Å². The van der Waals surface area contributed by atoms with Crippen LogP contribution in [-0.4, -0.2) is 31.9 Å². The maximum Gasteiger partial charge on any atom is 0.416 e. The van der Waals surface area contributed by atoms with E-state index in [1.54, 1.807) is 0 Å². The molecule has 10 heteroatoms. The van der Waals surface area contributed by atoms with Crippen molar-refractivity contribution in [3.8, 4) is 11.5 Å². The largest absolute Gasteiger partial charge is 0.489 e. The predicted octanol–water partition coefficient (Wildman–Crippen LogP) is 5.24. The van der Waals surface area contributed by atoms with E-state index in [1.165, 1.54) is 29.2 Å². The summed E-state index contributed by atoms with van der Waals surface area (Å²) in [5.74, 6) is -3.65. The lowest BCUT2D eigenvalue weighted by Gasteiger charge is -2.22. The number of alkyl halides is 5. The molecule has 4 nitrogen and oxygen atoms in total. The molecular weight excluding hydrogens is 440 g/mol. The number of carbonyl (C=O) groups is 1. The summed E-state index contributed by atoms with van der Waals surface area (Å²) in [5, 5.41) is 0. The molecule has 32 heavy (non-hydrogen) atoms. The van der Waals surface area contributed by atoms with E-state index in [-0.39, 0.29) is 47.0 Å². The van der Waals surface area contributed by atoms with Crippen molar-refractivity contribution in [2.75, 3.05) is 24.6 Å². The zero-order valence-corrected chi connectivity index (χ0v) is 16.5. The molecule has 2 aromatic rings. The van der Waals surface area contributed by atoms with Crippen LogP contribution < -0.4 is 14.4 Å². The molecule has 1 fully saturated rings. The Hall–Kier alpha value is -3.17. The van der Waals surface area contributed by atoms with Crippen LogP contribution in [0.5, 0.6) is 11.5 Å². The van der Waals surface area contributed by atoms with Gasteiger partial charge in [0.1, 0.15) is 36.8 Å². The molecule has 0 saturated carbocycles. The molecule has 0 N–H and O–H groups in total. The third-order valence-corrected chi connectivity index (χ3v) is 5.27. The smallest absolute Gasteiger partial charge is 0.416 e. The number of fused-ring (bicyclic) bond motifs is 1. The van der Waals surface area contributed by atoms with Crippen molar-refractivity contribution in [2.45, 2.75) is 25.1 Å². The Bertz CT molecular complexity index is 1080. The first-order chi connectivity index (χ1) is 15.1. The van der Waals surface area contributed by atoms with Crippen LogP contribution in [-0.2, 0) is 17.6 Å². The number of nitrogens with zero attached hydrogens (tertiary/aromatic N) is 1. The molecule has 0 bridgehead atoms. The maximum atomic E-state index is 14.4. The average molecular weight is 457 g/mol. The SMILES string of the molecule is O=CC1=Cc2c(F)cc(OCc3ccc(N4CCC(F)(F)C4)cc3C(F)(F)F)cc2OC1. The fraction of sp³-hybridized carbons (Fsp3) is 0.318. The summed E-state index contributed by atoms with van der Waals surface area (Å²) >= 11 is 0. The highest BCUT2D eigenvalue weighted by atomic mass is 19.4. The van der Waals surface area contributed by atoms with Gasteiger partial charge < -0.3 is 14.4 Å². The normalized spacial score (nSPS) is 17.4. The van der Waals surface area contributed by atoms with Crippen molar-refractivity contribution in [3.63, 3.8) is 0 Å². The highest BCUT2D eigenvalue weighted by Crippen LogP contribution is 2.38. The molecular formula is C22H17F6NO3. The second kappa shape index (κ2) is 8.07. The number of anilines is 1. The summed E-state index contributed by atoms with van der Waals surface area (Å²) in [6.07, 6.45) is -3.29. The van der Waals surface area contributed by atoms with Gasteiger partial charge in [0.15, 0.2) is 0 Å². The minimum Gasteiger partial charge on any atom is -0.489 e. The van der Waals surface area contributed by atoms with E-state index in [4.69, 9.17) is 9.47 Å². The van der Waals surface area contributed by atoms with Crippen LogP contribution >= 0.6 is 0 Å². The molecule has 1 saturated heterocycles. The molecule has 170 valence electrons. The van der Waals surface area contributed by atoms with E-state index in [1.807, 2.05) is 0 Å². The third kappa shape index (κ3) is 4.53. The van der Waals surface area contributed by atoms with Crippen LogP contribution in [0.3, 0.4) is 0 Å². The Kier molecular flexibility index (Phi) is 5.56. The molecule has 0 unspecified atom stereocenters. The molecule has 0 spiro atoms. The van der Waals surface area contributed by atoms with Crippen LogP contribution in [0, 0.1) is 5.82 Å². The van der Waals surface area contributed by atoms with Crippen LogP contribution in [0.2, 0.25) is 0 Å². The fourth-order valence-electron chi connectivity index (χ4n) is 3.64. The van der Waals surface area contributed by atoms with Crippen molar-refractivity contribution in [1.29, 1.82) is 0 Å². The lowest BCUT2D eigenvalue weighted by atomic mass is 10.1. The lowest BCUT2D eigenvalue weighted by Crippen LogP contribution is -2.25. The van der Waals surface area contributed by atoms with Gasteiger partial charge in [-0.05, 0) is 18.2 Å². The van der Waals surface area contributed by atoms with Gasteiger partial charge in [0.05, 0.1) is 17.7 Å². The summed E-state index contributed by atoms with van der Waals surface area (Å²) in [6.45, 7) is -1.28. The minimum atomic E-state index is -4.74. The van der Waals surface area contributed by atoms with Crippen LogP contribution in [0.1, 0.15) is 23.1 Å². The monoisotopic (exact) mass is 457 g/mol. The van der Waals surface area contributed by atoms with Crippen LogP contribution in [0.25, 0.3) is 6.08 Å². The third-order valence-electron chi connectivity index (χ3n) is 5.27. The summed E-state index contributed by atoms with van der Waals surface area (Å²) in [7, 11) is 0. The molecule has 4 rings (SSSR count). The van der Waals surface area contributed by atoms with Crippen molar-refractivity contribution in [3.05, 3.63) is 58.4 Å². The molecule has 0 aromatic heterocycles. The van der Waals surface area contributed by atoms with Crippen molar-refractivity contribution in [1.82, 2.24) is 0 Å². The van der Waals surface area contributed by atoms with Crippen molar-refractivity contribution >= 4 is 18.0 Å². The number of halogens is 6. The Morgan fingerprint density at radius 3 is 2.62 bits per heavy atom. The van der Waals surface area contributed by atoms with Gasteiger partial charge in [0.2, 0.25) is 0 Å². The van der Waals surface area contributed by atoms with E-state index in [0.29, 0.717) is 6.29 Å². The summed E-state index contributed by atoms with van der Waals surface area (Å²) in [6, 6.07) is 5.63. The second-order valence-electron chi connectivity index (χ2n) is 7.60. The quantitative estimate of drug-likeness (QED) is 0.455. The number of hydrogen-bond donors (Lipinski definition) is 0. The van der Waals surface area contributed by atoms with Gasteiger partial charge in [-0.1, -0.05) is 6.07 Å². The van der Waals surface area contributed by atoms with Gasteiger partial charge in [0, 0.05) is 41.9 Å². The number of carbonyl (C=O) groups excluding carboxylic acids is 1. The lowest BCUT2D eigenvalue weighted by molar-refractivity contribution is -0.138. The summed E-state index contributed by atoms with van der Waals surface area (Å²) in [4.78, 5) is 12.0. The number of ether oxygens (including phenoxy) is 2. The highest BCUT2D eigenvalue weighted by Gasteiger charge is 2.40. The molecule has 2 aromatic carbocycles. The van der Waals surface area contributed by atoms with Crippen LogP contribution in [0.4, 0.5) is 32.0 Å². The molecule has 0 atom stereocenters. The maximum absolute atomic E-state index is 14.4.